The van der Waals surface area contributed by atoms with E-state index in [-0.39, 0.29) is 16.5 Å². The molecule has 0 radical (unpaired) electrons. The highest BCUT2D eigenvalue weighted by atomic mass is 16.7. The average molecular weight is 839 g/mol. The Hall–Kier alpha value is -5.20. The van der Waals surface area contributed by atoms with Crippen molar-refractivity contribution in [2.75, 3.05) is 40.3 Å². The molecule has 0 unspecified atom stereocenters. The summed E-state index contributed by atoms with van der Waals surface area (Å²) in [6, 6.07) is 0. The lowest BCUT2D eigenvalue weighted by Gasteiger charge is -2.38. The van der Waals surface area contributed by atoms with Gasteiger partial charge in [0.2, 0.25) is 16.8 Å². The summed E-state index contributed by atoms with van der Waals surface area (Å²) in [5, 5.41) is 34.1. The van der Waals surface area contributed by atoms with E-state index in [0.717, 1.165) is 25.6 Å². The van der Waals surface area contributed by atoms with Crippen molar-refractivity contribution in [3.8, 4) is 5.75 Å². The fourth-order valence-electron chi connectivity index (χ4n) is 7.59. The van der Waals surface area contributed by atoms with Crippen molar-refractivity contribution in [2.24, 2.45) is 29.4 Å². The van der Waals surface area contributed by atoms with Gasteiger partial charge in [-0.25, -0.2) is 5.01 Å². The summed E-state index contributed by atoms with van der Waals surface area (Å²) in [7, 11) is 3.36. The van der Waals surface area contributed by atoms with Crippen LogP contribution in [-0.2, 0) is 23.8 Å². The minimum atomic E-state index is -2.02. The SMILES string of the molecule is CO[C@@H](/C=C/O[C@@]1(C)Oc2c(C)c(=O)c3c(=O)c(=O)c(=CNN4CCN(C)CC4)c(=O)c=3c2=C1O)[C@@H](C)[C@@H](OC(C)=O)[C@H](C)[C@H](O)[C@H](C)[C@@H](O)[C@@H](C)/C=C/C=C(/C)C(N)=O. The van der Waals surface area contributed by atoms with Gasteiger partial charge in [-0.15, -0.1) is 0 Å². The molecule has 6 N–H and O–H groups in total. The van der Waals surface area contributed by atoms with Crippen molar-refractivity contribution in [2.45, 2.75) is 85.6 Å². The van der Waals surface area contributed by atoms with Crippen LogP contribution < -0.4 is 48.0 Å². The summed E-state index contributed by atoms with van der Waals surface area (Å²) in [5.74, 6) is -6.54. The molecule has 0 spiro atoms. The molecule has 4 rings (SSSR count). The maximum atomic E-state index is 13.9. The Balaban J connectivity index is 1.64. The molecule has 0 saturated carbocycles. The molecule has 17 heteroatoms. The number of esters is 1. The molecule has 17 nitrogen and oxygen atoms in total. The fourth-order valence-corrected chi connectivity index (χ4v) is 7.59. The number of likely N-dealkylation sites (N-methyl/N-ethyl adjacent to an activating group) is 1. The average Bonchev–Trinajstić information content (AvgIpc) is 3.47. The van der Waals surface area contributed by atoms with Crippen molar-refractivity contribution in [1.82, 2.24) is 15.3 Å². The van der Waals surface area contributed by atoms with Crippen LogP contribution in [0.15, 0.2) is 55.3 Å². The quantitative estimate of drug-likeness (QED) is 0.0423. The normalized spacial score (nSPS) is 22.2. The molecule has 9 atom stereocenters. The number of aliphatic hydroxyl groups excluding tert-OH is 3. The van der Waals surface area contributed by atoms with E-state index in [2.05, 4.69) is 10.3 Å². The summed E-state index contributed by atoms with van der Waals surface area (Å²) < 4.78 is 23.4. The number of ether oxygens (including phenoxy) is 4. The van der Waals surface area contributed by atoms with E-state index in [4.69, 9.17) is 24.7 Å². The Bertz CT molecular complexity index is 2430. The number of aliphatic hydroxyl groups is 3. The molecule has 4 aliphatic rings. The van der Waals surface area contributed by atoms with Gasteiger partial charge < -0.3 is 50.3 Å². The van der Waals surface area contributed by atoms with Crippen LogP contribution in [0.4, 0.5) is 0 Å². The molecule has 2 aliphatic carbocycles. The third-order valence-corrected chi connectivity index (χ3v) is 11.6. The highest BCUT2D eigenvalue weighted by molar-refractivity contribution is 5.91. The smallest absolute Gasteiger partial charge is 0.307 e. The lowest BCUT2D eigenvalue weighted by atomic mass is 9.78. The van der Waals surface area contributed by atoms with Gasteiger partial charge in [-0.2, -0.15) is 0 Å². The zero-order valence-electron chi connectivity index (χ0n) is 35.8. The summed E-state index contributed by atoms with van der Waals surface area (Å²) in [5.41, 5.74) is 4.22. The first-order valence-corrected chi connectivity index (χ1v) is 19.8. The Kier molecular flexibility index (Phi) is 15.4. The number of allylic oxidation sites excluding steroid dienone is 2. The third kappa shape index (κ3) is 9.87. The number of carbonyl (C=O) groups is 2. The van der Waals surface area contributed by atoms with Crippen LogP contribution in [0.1, 0.15) is 54.0 Å². The number of nitrogens with zero attached hydrogens (tertiary/aromatic N) is 2. The number of hydrogen-bond donors (Lipinski definition) is 5. The molecule has 0 bridgehead atoms. The number of piperazine rings is 1. The van der Waals surface area contributed by atoms with Gasteiger partial charge in [0.05, 0.1) is 45.4 Å². The van der Waals surface area contributed by atoms with E-state index in [9.17, 15) is 44.1 Å². The molecule has 0 aromatic carbocycles. The van der Waals surface area contributed by atoms with Crippen molar-refractivity contribution < 1.29 is 43.9 Å². The second-order valence-corrected chi connectivity index (χ2v) is 16.0. The summed E-state index contributed by atoms with van der Waals surface area (Å²) in [6.07, 6.45) is 4.60. The molecule has 1 amide bonds. The molecule has 1 saturated heterocycles. The Morgan fingerprint density at radius 2 is 1.52 bits per heavy atom. The summed E-state index contributed by atoms with van der Waals surface area (Å²) in [6.45, 7) is 14.9. The van der Waals surface area contributed by atoms with Gasteiger partial charge in [0.15, 0.2) is 16.6 Å². The van der Waals surface area contributed by atoms with Crippen LogP contribution in [0.2, 0.25) is 0 Å². The maximum Gasteiger partial charge on any atom is 0.307 e. The monoisotopic (exact) mass is 838 g/mol. The largest absolute Gasteiger partial charge is 0.505 e. The lowest BCUT2D eigenvalue weighted by molar-refractivity contribution is -0.160. The highest BCUT2D eigenvalue weighted by Gasteiger charge is 2.43. The zero-order chi connectivity index (χ0) is 45.0. The second-order valence-electron chi connectivity index (χ2n) is 16.0. The molecule has 328 valence electrons. The van der Waals surface area contributed by atoms with E-state index in [1.807, 2.05) is 7.05 Å². The minimum Gasteiger partial charge on any atom is -0.505 e. The van der Waals surface area contributed by atoms with Crippen molar-refractivity contribution in [1.29, 1.82) is 0 Å². The molecular formula is C43H58N4O13. The molecule has 2 aliphatic heterocycles. The number of carbonyl (C=O) groups excluding carboxylic acids is 2. The van der Waals surface area contributed by atoms with Gasteiger partial charge >= 0.3 is 11.8 Å². The van der Waals surface area contributed by atoms with E-state index in [1.54, 1.807) is 51.8 Å². The second kappa shape index (κ2) is 19.5. The number of rotatable bonds is 17. The van der Waals surface area contributed by atoms with E-state index < -0.39 is 109 Å². The first kappa shape index (κ1) is 47.5. The minimum absolute atomic E-state index is 0.122. The van der Waals surface area contributed by atoms with Crippen LogP contribution in [0.25, 0.3) is 12.0 Å². The van der Waals surface area contributed by atoms with Gasteiger partial charge in [-0.3, -0.25) is 28.8 Å². The Labute approximate surface area is 347 Å². The molecule has 1 fully saturated rings. The predicted octanol–water partition coefficient (Wildman–Crippen LogP) is -0.968. The van der Waals surface area contributed by atoms with Gasteiger partial charge in [0, 0.05) is 88.1 Å². The summed E-state index contributed by atoms with van der Waals surface area (Å²) in [4.78, 5) is 79.7. The molecule has 0 aromatic rings. The van der Waals surface area contributed by atoms with Crippen molar-refractivity contribution in [3.05, 3.63) is 103 Å². The first-order chi connectivity index (χ1) is 28.1. The number of primary amides is 1. The van der Waals surface area contributed by atoms with E-state index >= 15 is 0 Å². The lowest BCUT2D eigenvalue weighted by Crippen LogP contribution is -2.54. The highest BCUT2D eigenvalue weighted by Crippen LogP contribution is 2.33. The number of nitrogens with two attached hydrogens (primary N) is 1. The van der Waals surface area contributed by atoms with Gasteiger partial charge in [-0.05, 0) is 27.0 Å². The number of methoxy groups -OCH3 is 1. The Morgan fingerprint density at radius 1 is 0.883 bits per heavy atom. The van der Waals surface area contributed by atoms with Crippen LogP contribution in [0.3, 0.4) is 0 Å². The molecule has 2 heterocycles. The van der Waals surface area contributed by atoms with Crippen LogP contribution in [0, 0.1) is 41.0 Å². The number of hydrazine groups is 1. The predicted molar refractivity (Wildman–Crippen MR) is 222 cm³/mol. The Morgan fingerprint density at radius 3 is 2.10 bits per heavy atom. The standard InChI is InChI=1S/C43H58N4O13/c1-21(12-11-13-22(2)42(44)56)33(49)24(4)34(50)25(5)39(59-27(7)48)23(3)29(57-10)14-19-58-43(8)41(55)32-30-31(35(51)26(6)40(32)60-43)38(54)37(53)28(36(30)52)20-45-47-17-15-46(9)16-18-47/h11-14,19-21,23-25,29,33-34,39,45,49-50,55H,15-18H2,1-10H3,(H2,44,56)/b12-11+,19-14+,22-13-,28-20?/t21-,23+,24+,25+,29-,33-,34+,39+,43-/m0/s1. The summed E-state index contributed by atoms with van der Waals surface area (Å²) >= 11 is 0. The fraction of sp³-hybridized carbons (Fsp3) is 0.535. The van der Waals surface area contributed by atoms with E-state index in [0.29, 0.717) is 18.7 Å². The first-order valence-electron chi connectivity index (χ1n) is 19.8. The van der Waals surface area contributed by atoms with Crippen molar-refractivity contribution >= 4 is 23.8 Å². The number of fused-ring (bicyclic) bond motifs is 2. The van der Waals surface area contributed by atoms with Gasteiger partial charge in [0.1, 0.15) is 11.9 Å². The van der Waals surface area contributed by atoms with Gasteiger partial charge in [0.25, 0.3) is 0 Å². The molecular weight excluding hydrogens is 780 g/mol. The van der Waals surface area contributed by atoms with Crippen LogP contribution in [-0.4, -0.2) is 108 Å². The van der Waals surface area contributed by atoms with Gasteiger partial charge in [-0.1, -0.05) is 45.9 Å². The van der Waals surface area contributed by atoms with Crippen molar-refractivity contribution in [3.63, 3.8) is 0 Å². The molecule has 0 aromatic heterocycles. The third-order valence-electron chi connectivity index (χ3n) is 11.6. The van der Waals surface area contributed by atoms with Crippen LogP contribution >= 0.6 is 0 Å². The van der Waals surface area contributed by atoms with E-state index in [1.165, 1.54) is 40.0 Å². The zero-order valence-corrected chi connectivity index (χ0v) is 35.8. The topological polar surface area (TPSA) is 245 Å². The number of nitrogens with one attached hydrogen (secondary N) is 1. The maximum absolute atomic E-state index is 13.9. The number of hydrogen-bond acceptors (Lipinski definition) is 16. The number of amides is 1. The molecule has 60 heavy (non-hydrogen) atoms. The van der Waals surface area contributed by atoms with Crippen LogP contribution in [0.5, 0.6) is 5.75 Å².